The first-order chi connectivity index (χ1) is 24.1. The molecule has 9 atom stereocenters. The Labute approximate surface area is 311 Å². The van der Waals surface area contributed by atoms with Crippen molar-refractivity contribution in [3.05, 3.63) is 23.8 Å². The normalized spacial score (nSPS) is 32.3. The van der Waals surface area contributed by atoms with Crippen LogP contribution in [0.5, 0.6) is 0 Å². The molecule has 4 aliphatic carbocycles. The fourth-order valence-electron chi connectivity index (χ4n) is 11.2. The van der Waals surface area contributed by atoms with Crippen molar-refractivity contribution in [2.24, 2.45) is 46.3 Å². The molecule has 0 spiro atoms. The summed E-state index contributed by atoms with van der Waals surface area (Å²) in [5, 5.41) is 0. The van der Waals surface area contributed by atoms with Gasteiger partial charge in [0, 0.05) is 19.8 Å². The molecule has 4 aliphatic rings. The van der Waals surface area contributed by atoms with Crippen molar-refractivity contribution in [2.75, 3.05) is 47.1 Å². The zero-order valence-corrected chi connectivity index (χ0v) is 34.5. The summed E-state index contributed by atoms with van der Waals surface area (Å²) in [6.45, 7) is 19.0. The number of rotatable bonds is 24. The van der Waals surface area contributed by atoms with Crippen LogP contribution in [0.3, 0.4) is 0 Å². The predicted molar refractivity (Wildman–Crippen MR) is 214 cm³/mol. The molecule has 3 saturated carbocycles. The van der Waals surface area contributed by atoms with E-state index in [9.17, 15) is 0 Å². The quantitative estimate of drug-likeness (QED) is 0.0742. The Morgan fingerprint density at radius 3 is 2.24 bits per heavy atom. The van der Waals surface area contributed by atoms with Gasteiger partial charge in [-0.1, -0.05) is 97.4 Å². The van der Waals surface area contributed by atoms with Crippen molar-refractivity contribution in [3.8, 4) is 0 Å². The minimum absolute atomic E-state index is 0.312. The number of likely N-dealkylation sites (N-methyl/N-ethyl adjacent to an activating group) is 1. The van der Waals surface area contributed by atoms with Gasteiger partial charge in [-0.2, -0.15) is 0 Å². The van der Waals surface area contributed by atoms with Crippen molar-refractivity contribution >= 4 is 0 Å². The highest BCUT2D eigenvalue weighted by Crippen LogP contribution is 2.67. The number of fused-ring (bicyclic) bond motifs is 5. The Hall–Kier alpha value is -0.680. The van der Waals surface area contributed by atoms with Gasteiger partial charge in [-0.25, -0.2) is 0 Å². The Morgan fingerprint density at radius 1 is 0.800 bits per heavy atom. The van der Waals surface area contributed by atoms with Crippen LogP contribution in [-0.4, -0.2) is 64.2 Å². The number of unbranched alkanes of at least 4 members (excludes halogenated alkanes) is 5. The molecule has 1 unspecified atom stereocenters. The van der Waals surface area contributed by atoms with E-state index < -0.39 is 0 Å². The van der Waals surface area contributed by atoms with Crippen molar-refractivity contribution in [1.29, 1.82) is 0 Å². The average molecular weight is 698 g/mol. The van der Waals surface area contributed by atoms with E-state index in [0.717, 1.165) is 94.2 Å². The summed E-state index contributed by atoms with van der Waals surface area (Å²) >= 11 is 0. The lowest BCUT2D eigenvalue weighted by Gasteiger charge is -2.58. The molecule has 0 heterocycles. The lowest BCUT2D eigenvalue weighted by atomic mass is 9.47. The van der Waals surface area contributed by atoms with E-state index in [1.807, 2.05) is 0 Å². The van der Waals surface area contributed by atoms with E-state index in [0.29, 0.717) is 23.0 Å². The molecular formula is C46H83NO3. The molecule has 0 aromatic rings. The molecule has 50 heavy (non-hydrogen) atoms. The lowest BCUT2D eigenvalue weighted by molar-refractivity contribution is -0.0643. The van der Waals surface area contributed by atoms with Crippen LogP contribution >= 0.6 is 0 Å². The maximum absolute atomic E-state index is 6.54. The first kappa shape index (κ1) is 42.1. The Kier molecular flexibility index (Phi) is 17.9. The van der Waals surface area contributed by atoms with Crippen LogP contribution in [0, 0.1) is 46.3 Å². The highest BCUT2D eigenvalue weighted by Gasteiger charge is 2.59. The highest BCUT2D eigenvalue weighted by atomic mass is 16.5. The Morgan fingerprint density at radius 2 is 1.52 bits per heavy atom. The summed E-state index contributed by atoms with van der Waals surface area (Å²) in [5.74, 6) is 5.45. The zero-order valence-electron chi connectivity index (χ0n) is 34.5. The summed E-state index contributed by atoms with van der Waals surface area (Å²) in [7, 11) is 4.27. The third-order valence-electron chi connectivity index (χ3n) is 14.4. The number of hydrogen-bond acceptors (Lipinski definition) is 4. The minimum Gasteiger partial charge on any atom is -0.380 e. The second-order valence-electron chi connectivity index (χ2n) is 18.6. The van der Waals surface area contributed by atoms with Gasteiger partial charge in [0.15, 0.2) is 0 Å². The second-order valence-corrected chi connectivity index (χ2v) is 18.6. The molecule has 290 valence electrons. The number of hydrogen-bond donors (Lipinski definition) is 0. The number of ether oxygens (including phenoxy) is 3. The van der Waals surface area contributed by atoms with Gasteiger partial charge in [0.1, 0.15) is 0 Å². The smallest absolute Gasteiger partial charge is 0.0644 e. The van der Waals surface area contributed by atoms with Crippen molar-refractivity contribution < 1.29 is 14.2 Å². The molecule has 0 bridgehead atoms. The molecule has 0 aromatic carbocycles. The van der Waals surface area contributed by atoms with E-state index in [1.165, 1.54) is 96.3 Å². The fourth-order valence-corrected chi connectivity index (χ4v) is 11.2. The van der Waals surface area contributed by atoms with Gasteiger partial charge in [-0.15, -0.1) is 0 Å². The van der Waals surface area contributed by atoms with Crippen molar-refractivity contribution in [1.82, 2.24) is 4.90 Å². The number of allylic oxidation sites excluding steroid dienone is 3. The SMILES string of the molecule is CCCCC/C=C\CCCOC[C@@H](COCCCCOC1CC[C@@]2(C)C(=CC[C@H]3[C@@H]4CC[C@H]([C@H](C)CCCC(C)C)[C@@]4(C)CC[C@@H]32)C1)N(C)C. The number of nitrogens with zero attached hydrogens (tertiary/aromatic N) is 1. The summed E-state index contributed by atoms with van der Waals surface area (Å²) in [6, 6.07) is 0.312. The van der Waals surface area contributed by atoms with Crippen LogP contribution in [0.15, 0.2) is 23.8 Å². The molecular weight excluding hydrogens is 615 g/mol. The van der Waals surface area contributed by atoms with Crippen molar-refractivity contribution in [2.45, 2.75) is 176 Å². The first-order valence-corrected chi connectivity index (χ1v) is 21.9. The maximum Gasteiger partial charge on any atom is 0.0644 e. The molecule has 4 nitrogen and oxygen atoms in total. The third-order valence-corrected chi connectivity index (χ3v) is 14.4. The largest absolute Gasteiger partial charge is 0.380 e. The maximum atomic E-state index is 6.54. The van der Waals surface area contributed by atoms with E-state index in [4.69, 9.17) is 14.2 Å². The fraction of sp³-hybridized carbons (Fsp3) is 0.913. The Balaban J connectivity index is 1.10. The van der Waals surface area contributed by atoms with Crippen LogP contribution in [0.4, 0.5) is 0 Å². The van der Waals surface area contributed by atoms with Gasteiger partial charge in [0.25, 0.3) is 0 Å². The van der Waals surface area contributed by atoms with Gasteiger partial charge >= 0.3 is 0 Å². The van der Waals surface area contributed by atoms with E-state index >= 15 is 0 Å². The van der Waals surface area contributed by atoms with E-state index in [2.05, 4.69) is 78.8 Å². The summed E-state index contributed by atoms with van der Waals surface area (Å²) in [5.41, 5.74) is 2.75. The van der Waals surface area contributed by atoms with Crippen LogP contribution < -0.4 is 0 Å². The summed E-state index contributed by atoms with van der Waals surface area (Å²) < 4.78 is 18.7. The van der Waals surface area contributed by atoms with E-state index in [1.54, 1.807) is 5.57 Å². The minimum atomic E-state index is 0.312. The first-order valence-electron chi connectivity index (χ1n) is 21.9. The van der Waals surface area contributed by atoms with Gasteiger partial charge in [0.05, 0.1) is 25.4 Å². The third kappa shape index (κ3) is 11.7. The van der Waals surface area contributed by atoms with E-state index in [-0.39, 0.29) is 0 Å². The molecule has 0 aliphatic heterocycles. The lowest BCUT2D eigenvalue weighted by Crippen LogP contribution is -2.51. The van der Waals surface area contributed by atoms with Crippen molar-refractivity contribution in [3.63, 3.8) is 0 Å². The molecule has 0 N–H and O–H groups in total. The van der Waals surface area contributed by atoms with Gasteiger partial charge in [-0.3, -0.25) is 0 Å². The monoisotopic (exact) mass is 698 g/mol. The molecule has 0 radical (unpaired) electrons. The van der Waals surface area contributed by atoms with Gasteiger partial charge in [-0.05, 0) is 150 Å². The zero-order chi connectivity index (χ0) is 36.0. The predicted octanol–water partition coefficient (Wildman–Crippen LogP) is 12.1. The highest BCUT2D eigenvalue weighted by molar-refractivity contribution is 5.25. The Bertz CT molecular complexity index is 1010. The topological polar surface area (TPSA) is 30.9 Å². The van der Waals surface area contributed by atoms with Crippen LogP contribution in [0.2, 0.25) is 0 Å². The molecule has 4 rings (SSSR count). The van der Waals surface area contributed by atoms with Crippen LogP contribution in [0.1, 0.15) is 164 Å². The molecule has 3 fully saturated rings. The standard InChI is InChI=1S/C46H83NO3/c1-9-10-11-12-13-14-15-16-30-48-34-39(47(7)8)35-49-31-17-18-32-50-40-26-28-45(5)38(33-40)22-23-41-43-25-24-42(37(4)21-19-20-36(2)3)46(43,6)29-27-44(41)45/h13-14,22,36-37,39-44H,9-12,15-21,23-35H2,1-8H3/b14-13-/t37-,39+,40?,41+,42-,43+,44+,45+,46-/m1/s1. The summed E-state index contributed by atoms with van der Waals surface area (Å²) in [6.07, 6.45) is 32.6. The molecule has 0 aromatic heterocycles. The van der Waals surface area contributed by atoms with Gasteiger partial charge in [0.2, 0.25) is 0 Å². The van der Waals surface area contributed by atoms with Crippen LogP contribution in [0.25, 0.3) is 0 Å². The molecule has 4 heteroatoms. The second kappa shape index (κ2) is 21.3. The average Bonchev–Trinajstić information content (AvgIpc) is 3.44. The van der Waals surface area contributed by atoms with Gasteiger partial charge < -0.3 is 19.1 Å². The molecule has 0 saturated heterocycles. The van der Waals surface area contributed by atoms with Crippen LogP contribution in [-0.2, 0) is 14.2 Å². The summed E-state index contributed by atoms with van der Waals surface area (Å²) in [4.78, 5) is 2.24. The molecule has 0 amide bonds.